The van der Waals surface area contributed by atoms with Crippen molar-refractivity contribution < 1.29 is 19.1 Å². The van der Waals surface area contributed by atoms with Gasteiger partial charge in [-0.15, -0.1) is 11.3 Å². The number of amides is 2. The number of aromatic nitrogens is 3. The van der Waals surface area contributed by atoms with E-state index in [0.29, 0.717) is 53.3 Å². The summed E-state index contributed by atoms with van der Waals surface area (Å²) in [6.07, 6.45) is 5.55. The number of likely N-dealkylation sites (tertiary alicyclic amines) is 1. The van der Waals surface area contributed by atoms with E-state index in [-0.39, 0.29) is 22.3 Å². The lowest BCUT2D eigenvalue weighted by Crippen LogP contribution is -2.43. The van der Waals surface area contributed by atoms with Crippen LogP contribution >= 0.6 is 11.3 Å². The quantitative estimate of drug-likeness (QED) is 0.275. The van der Waals surface area contributed by atoms with E-state index in [9.17, 15) is 19.6 Å². The summed E-state index contributed by atoms with van der Waals surface area (Å²) < 4.78 is 5.45. The fourth-order valence-corrected chi connectivity index (χ4v) is 5.69. The van der Waals surface area contributed by atoms with Crippen LogP contribution in [0, 0.1) is 17.2 Å². The van der Waals surface area contributed by atoms with E-state index in [1.54, 1.807) is 4.90 Å². The van der Waals surface area contributed by atoms with E-state index in [1.165, 1.54) is 25.7 Å². The minimum Gasteiger partial charge on any atom is -0.494 e. The van der Waals surface area contributed by atoms with Crippen molar-refractivity contribution in [1.82, 2.24) is 19.9 Å². The Morgan fingerprint density at radius 3 is 2.55 bits per heavy atom. The van der Waals surface area contributed by atoms with E-state index < -0.39 is 17.6 Å². The molecule has 11 heteroatoms. The number of carbonyl (C=O) groups excluding carboxylic acids is 3. The second kappa shape index (κ2) is 10.4. The van der Waals surface area contributed by atoms with Crippen molar-refractivity contribution in [2.24, 2.45) is 11.7 Å². The summed E-state index contributed by atoms with van der Waals surface area (Å²) in [5.74, 6) is -1.70. The summed E-state index contributed by atoms with van der Waals surface area (Å²) in [7, 11) is 1.46. The zero-order chi connectivity index (χ0) is 26.8. The van der Waals surface area contributed by atoms with Gasteiger partial charge in [-0.25, -0.2) is 9.97 Å². The number of hydrogen-bond donors (Lipinski definition) is 2. The molecule has 192 valence electrons. The summed E-state index contributed by atoms with van der Waals surface area (Å²) in [5, 5.41) is 10.6. The first kappa shape index (κ1) is 25.1. The number of nitriles is 1. The Bertz CT molecular complexity index is 1560. The Labute approximate surface area is 222 Å². The van der Waals surface area contributed by atoms with E-state index in [2.05, 4.69) is 21.0 Å². The minimum absolute atomic E-state index is 0.104. The second-order valence-electron chi connectivity index (χ2n) is 9.00. The van der Waals surface area contributed by atoms with Gasteiger partial charge in [0.2, 0.25) is 0 Å². The summed E-state index contributed by atoms with van der Waals surface area (Å²) in [6.45, 7) is 0.781. The number of benzene rings is 1. The van der Waals surface area contributed by atoms with Crippen molar-refractivity contribution in [1.29, 1.82) is 5.26 Å². The minimum atomic E-state index is -0.665. The van der Waals surface area contributed by atoms with Gasteiger partial charge >= 0.3 is 0 Å². The van der Waals surface area contributed by atoms with E-state index in [0.717, 1.165) is 16.9 Å². The number of nitrogens with two attached hydrogens (primary N) is 1. The first-order valence-corrected chi connectivity index (χ1v) is 12.8. The number of hydrogen-bond acceptors (Lipinski definition) is 8. The number of ether oxygens (including phenoxy) is 1. The van der Waals surface area contributed by atoms with Crippen molar-refractivity contribution in [3.63, 3.8) is 0 Å². The molecule has 3 aromatic heterocycles. The van der Waals surface area contributed by atoms with Gasteiger partial charge < -0.3 is 20.4 Å². The number of pyridine rings is 1. The van der Waals surface area contributed by atoms with Crippen LogP contribution in [0.25, 0.3) is 21.6 Å². The number of Topliss-reactive ketones (excluding diaryl/α,β-unsaturated/α-hetero) is 1. The van der Waals surface area contributed by atoms with Crippen molar-refractivity contribution in [2.45, 2.75) is 18.8 Å². The average Bonchev–Trinajstić information content (AvgIpc) is 3.62. The number of nitrogens with zero attached hydrogens (tertiary/aromatic N) is 4. The largest absolute Gasteiger partial charge is 0.494 e. The van der Waals surface area contributed by atoms with Gasteiger partial charge in [-0.1, -0.05) is 30.3 Å². The van der Waals surface area contributed by atoms with Crippen LogP contribution in [0.4, 0.5) is 0 Å². The second-order valence-corrected chi connectivity index (χ2v) is 10.0. The van der Waals surface area contributed by atoms with Gasteiger partial charge in [0.15, 0.2) is 0 Å². The monoisotopic (exact) mass is 528 g/mol. The molecule has 0 spiro atoms. The number of primary amides is 1. The van der Waals surface area contributed by atoms with Gasteiger partial charge in [-0.05, 0) is 24.3 Å². The summed E-state index contributed by atoms with van der Waals surface area (Å²) in [5.41, 5.74) is 7.36. The van der Waals surface area contributed by atoms with E-state index in [4.69, 9.17) is 10.5 Å². The highest BCUT2D eigenvalue weighted by Gasteiger charge is 2.33. The van der Waals surface area contributed by atoms with Crippen LogP contribution in [-0.4, -0.2) is 57.6 Å². The highest BCUT2D eigenvalue weighted by Crippen LogP contribution is 2.37. The number of thiazole rings is 1. The fourth-order valence-electron chi connectivity index (χ4n) is 4.92. The number of ketones is 1. The van der Waals surface area contributed by atoms with Gasteiger partial charge in [0.1, 0.15) is 21.3 Å². The van der Waals surface area contributed by atoms with Crippen LogP contribution in [0.15, 0.2) is 48.9 Å². The van der Waals surface area contributed by atoms with E-state index in [1.807, 2.05) is 30.3 Å². The molecule has 0 aliphatic carbocycles. The molecule has 5 rings (SSSR count). The normalized spacial score (nSPS) is 14.7. The number of rotatable bonds is 7. The number of piperidine rings is 1. The number of carbonyl (C=O) groups is 3. The van der Waals surface area contributed by atoms with Crippen LogP contribution in [0.3, 0.4) is 0 Å². The van der Waals surface area contributed by atoms with Gasteiger partial charge in [0.25, 0.3) is 17.6 Å². The van der Waals surface area contributed by atoms with Gasteiger partial charge in [-0.3, -0.25) is 14.4 Å². The SMILES string of the molecule is COc1cnc(-c2ncc(C(N)=O)s2)c2[nH]cc(C(=O)C(=O)N3CCC(C(C#N)c4ccccc4)CC3)c12. The van der Waals surface area contributed by atoms with Gasteiger partial charge in [0, 0.05) is 19.3 Å². The maximum absolute atomic E-state index is 13.4. The highest BCUT2D eigenvalue weighted by molar-refractivity contribution is 7.17. The molecule has 1 atom stereocenters. The molecule has 0 saturated carbocycles. The third-order valence-electron chi connectivity index (χ3n) is 6.88. The molecule has 1 unspecified atom stereocenters. The van der Waals surface area contributed by atoms with Crippen molar-refractivity contribution in [3.8, 4) is 22.5 Å². The summed E-state index contributed by atoms with van der Waals surface area (Å²) >= 11 is 1.08. The lowest BCUT2D eigenvalue weighted by Gasteiger charge is -2.33. The van der Waals surface area contributed by atoms with Crippen LogP contribution in [0.1, 0.15) is 44.4 Å². The first-order chi connectivity index (χ1) is 18.4. The van der Waals surface area contributed by atoms with Crippen molar-refractivity contribution in [3.05, 3.63) is 64.9 Å². The predicted molar refractivity (Wildman–Crippen MR) is 141 cm³/mol. The Balaban J connectivity index is 1.38. The molecule has 2 amide bonds. The van der Waals surface area contributed by atoms with Crippen LogP contribution in [-0.2, 0) is 4.79 Å². The standard InChI is InChI=1S/C27H24N6O4S/c1-37-19-13-31-23(26-32-14-20(38-26)25(29)35)22-21(19)18(12-30-22)24(34)27(36)33-9-7-16(8-10-33)17(11-28)15-5-3-2-4-6-15/h2-6,12-14,16-17,30H,7-10H2,1H3,(H2,29,35). The number of methoxy groups -OCH3 is 1. The molecule has 3 N–H and O–H groups in total. The topological polar surface area (TPSA) is 155 Å². The molecule has 4 aromatic rings. The molecule has 0 bridgehead atoms. The molecule has 1 fully saturated rings. The average molecular weight is 529 g/mol. The number of aromatic amines is 1. The molecule has 1 aliphatic rings. The maximum atomic E-state index is 13.4. The Morgan fingerprint density at radius 1 is 1.18 bits per heavy atom. The predicted octanol–water partition coefficient (Wildman–Crippen LogP) is 3.52. The number of nitrogens with one attached hydrogen (secondary N) is 1. The third-order valence-corrected chi connectivity index (χ3v) is 7.90. The Morgan fingerprint density at radius 2 is 1.92 bits per heavy atom. The molecule has 10 nitrogen and oxygen atoms in total. The lowest BCUT2D eigenvalue weighted by atomic mass is 9.81. The molecular weight excluding hydrogens is 504 g/mol. The summed E-state index contributed by atoms with van der Waals surface area (Å²) in [6, 6.07) is 12.1. The highest BCUT2D eigenvalue weighted by atomic mass is 32.1. The van der Waals surface area contributed by atoms with Crippen molar-refractivity contribution in [2.75, 3.05) is 20.2 Å². The number of H-pyrrole nitrogens is 1. The molecule has 4 heterocycles. The Hall–Kier alpha value is -4.56. The molecular formula is C27H24N6O4S. The molecule has 38 heavy (non-hydrogen) atoms. The molecule has 1 aromatic carbocycles. The fraction of sp³-hybridized carbons (Fsp3) is 0.259. The maximum Gasteiger partial charge on any atom is 0.295 e. The zero-order valence-corrected chi connectivity index (χ0v) is 21.3. The Kier molecular flexibility index (Phi) is 6.89. The lowest BCUT2D eigenvalue weighted by molar-refractivity contribution is -0.127. The molecule has 1 aliphatic heterocycles. The smallest absolute Gasteiger partial charge is 0.295 e. The zero-order valence-electron chi connectivity index (χ0n) is 20.5. The molecule has 1 saturated heterocycles. The van der Waals surface area contributed by atoms with Crippen molar-refractivity contribution >= 4 is 39.8 Å². The van der Waals surface area contributed by atoms with Crippen LogP contribution in [0.5, 0.6) is 5.75 Å². The molecule has 0 radical (unpaired) electrons. The summed E-state index contributed by atoms with van der Waals surface area (Å²) in [4.78, 5) is 51.7. The number of fused-ring (bicyclic) bond motifs is 1. The van der Waals surface area contributed by atoms with E-state index >= 15 is 0 Å². The van der Waals surface area contributed by atoms with Gasteiger partial charge in [-0.2, -0.15) is 5.26 Å². The third kappa shape index (κ3) is 4.50. The van der Waals surface area contributed by atoms with Gasteiger partial charge in [0.05, 0.1) is 48.0 Å². The van der Waals surface area contributed by atoms with Crippen LogP contribution in [0.2, 0.25) is 0 Å². The first-order valence-electron chi connectivity index (χ1n) is 12.0. The van der Waals surface area contributed by atoms with Crippen LogP contribution < -0.4 is 10.5 Å².